The zero-order valence-corrected chi connectivity index (χ0v) is 16.6. The largest absolute Gasteiger partial charge is 0.272 e. The fraction of sp³-hybridized carbons (Fsp3) is 0.174. The average Bonchev–Trinajstić information content (AvgIpc) is 2.74. The molecule has 0 aromatic heterocycles. The van der Waals surface area contributed by atoms with Gasteiger partial charge >= 0.3 is 0 Å². The molecule has 0 heterocycles. The van der Waals surface area contributed by atoms with E-state index in [2.05, 4.69) is 6.92 Å². The van der Waals surface area contributed by atoms with Crippen LogP contribution in [0.1, 0.15) is 35.7 Å². The number of unbranched alkanes of at least 4 members (excludes halogenated alkanes) is 1. The highest BCUT2D eigenvalue weighted by Gasteiger charge is 2.31. The lowest BCUT2D eigenvalue weighted by atomic mass is 10.1. The van der Waals surface area contributed by atoms with Crippen LogP contribution >= 0.6 is 0 Å². The summed E-state index contributed by atoms with van der Waals surface area (Å²) in [5.74, 6) is -0.578. The van der Waals surface area contributed by atoms with Crippen molar-refractivity contribution in [3.8, 4) is 0 Å². The number of rotatable bonds is 7. The van der Waals surface area contributed by atoms with Crippen molar-refractivity contribution in [2.45, 2.75) is 31.1 Å². The van der Waals surface area contributed by atoms with E-state index in [4.69, 9.17) is 0 Å². The minimum absolute atomic E-state index is 0.0781. The first-order valence-electron chi connectivity index (χ1n) is 9.32. The molecule has 0 aliphatic rings. The molecular weight excluding hydrogens is 370 g/mol. The van der Waals surface area contributed by atoms with Crippen LogP contribution in [0.5, 0.6) is 0 Å². The van der Waals surface area contributed by atoms with Gasteiger partial charge in [-0.15, -0.1) is 0 Å². The second-order valence-corrected chi connectivity index (χ2v) is 8.31. The maximum atomic E-state index is 13.3. The molecule has 28 heavy (non-hydrogen) atoms. The van der Waals surface area contributed by atoms with Gasteiger partial charge in [-0.05, 0) is 54.8 Å². The Morgan fingerprint density at radius 1 is 0.821 bits per heavy atom. The number of hydrogen-bond donors (Lipinski definition) is 0. The van der Waals surface area contributed by atoms with Crippen LogP contribution in [-0.2, 0) is 16.4 Å². The summed E-state index contributed by atoms with van der Waals surface area (Å²) >= 11 is 0. The third kappa shape index (κ3) is 4.31. The van der Waals surface area contributed by atoms with Crippen LogP contribution in [0.4, 0.5) is 5.69 Å². The lowest BCUT2D eigenvalue weighted by molar-refractivity contribution is 0.101. The number of amides is 1. The molecule has 1 amide bonds. The van der Waals surface area contributed by atoms with Crippen LogP contribution in [0.2, 0.25) is 0 Å². The van der Waals surface area contributed by atoms with E-state index < -0.39 is 15.9 Å². The lowest BCUT2D eigenvalue weighted by Crippen LogP contribution is -2.37. The van der Waals surface area contributed by atoms with Crippen LogP contribution in [0, 0.1) is 0 Å². The van der Waals surface area contributed by atoms with Gasteiger partial charge in [0, 0.05) is 5.56 Å². The SMILES string of the molecule is CCCCc1ccc(N(C(=O)c2ccccc2)S(=O)(=O)c2ccccc2)cc1. The number of nitrogens with zero attached hydrogens (tertiary/aromatic N) is 1. The molecule has 3 aromatic carbocycles. The predicted octanol–water partition coefficient (Wildman–Crippen LogP) is 5.06. The van der Waals surface area contributed by atoms with Crippen molar-refractivity contribution in [1.29, 1.82) is 0 Å². The van der Waals surface area contributed by atoms with Crippen LogP contribution in [-0.4, -0.2) is 14.3 Å². The van der Waals surface area contributed by atoms with E-state index in [-0.39, 0.29) is 4.90 Å². The van der Waals surface area contributed by atoms with Gasteiger partial charge in [-0.25, -0.2) is 8.42 Å². The van der Waals surface area contributed by atoms with Gasteiger partial charge in [-0.2, -0.15) is 4.31 Å². The molecule has 0 spiro atoms. The molecule has 144 valence electrons. The van der Waals surface area contributed by atoms with Crippen molar-refractivity contribution in [3.05, 3.63) is 96.1 Å². The standard InChI is InChI=1S/C23H23NO3S/c1-2-3-10-19-15-17-21(18-16-19)24(23(25)20-11-6-4-7-12-20)28(26,27)22-13-8-5-9-14-22/h4-9,11-18H,2-3,10H2,1H3. The number of carbonyl (C=O) groups is 1. The van der Waals surface area contributed by atoms with E-state index in [9.17, 15) is 13.2 Å². The first kappa shape index (κ1) is 19.8. The Labute approximate surface area is 166 Å². The molecule has 0 bridgehead atoms. The normalized spacial score (nSPS) is 11.2. The Morgan fingerprint density at radius 2 is 1.39 bits per heavy atom. The highest BCUT2D eigenvalue weighted by molar-refractivity contribution is 7.93. The molecule has 0 radical (unpaired) electrons. The molecule has 5 heteroatoms. The Morgan fingerprint density at radius 3 is 1.96 bits per heavy atom. The Balaban J connectivity index is 2.06. The van der Waals surface area contributed by atoms with Gasteiger partial charge < -0.3 is 0 Å². The molecule has 0 N–H and O–H groups in total. The van der Waals surface area contributed by atoms with Gasteiger partial charge in [-0.1, -0.05) is 61.9 Å². The number of carbonyl (C=O) groups excluding carboxylic acids is 1. The minimum Gasteiger partial charge on any atom is -0.268 e. The molecule has 4 nitrogen and oxygen atoms in total. The Hall–Kier alpha value is -2.92. The van der Waals surface area contributed by atoms with Crippen molar-refractivity contribution in [1.82, 2.24) is 0 Å². The van der Waals surface area contributed by atoms with Gasteiger partial charge in [-0.3, -0.25) is 4.79 Å². The van der Waals surface area contributed by atoms with E-state index in [1.165, 1.54) is 12.1 Å². The first-order chi connectivity index (χ1) is 13.5. The monoisotopic (exact) mass is 393 g/mol. The average molecular weight is 394 g/mol. The zero-order valence-electron chi connectivity index (χ0n) is 15.8. The van der Waals surface area contributed by atoms with Crippen LogP contribution in [0.25, 0.3) is 0 Å². The summed E-state index contributed by atoms with van der Waals surface area (Å²) in [6.45, 7) is 2.13. The molecule has 0 atom stereocenters. The number of aryl methyl sites for hydroxylation is 1. The molecule has 0 saturated heterocycles. The first-order valence-corrected chi connectivity index (χ1v) is 10.8. The lowest BCUT2D eigenvalue weighted by Gasteiger charge is -2.23. The third-order valence-corrected chi connectivity index (χ3v) is 6.20. The fourth-order valence-corrected chi connectivity index (χ4v) is 4.37. The van der Waals surface area contributed by atoms with E-state index in [0.29, 0.717) is 11.3 Å². The number of anilines is 1. The molecule has 0 fully saturated rings. The van der Waals surface area contributed by atoms with Crippen molar-refractivity contribution < 1.29 is 13.2 Å². The van der Waals surface area contributed by atoms with E-state index in [1.807, 2.05) is 12.1 Å². The summed E-state index contributed by atoms with van der Waals surface area (Å²) in [6.07, 6.45) is 3.08. The zero-order chi connectivity index (χ0) is 20.0. The second kappa shape index (κ2) is 8.85. The minimum atomic E-state index is -4.05. The second-order valence-electron chi connectivity index (χ2n) is 6.52. The molecule has 0 aliphatic carbocycles. The maximum Gasteiger partial charge on any atom is 0.272 e. The fourth-order valence-electron chi connectivity index (χ4n) is 2.94. The van der Waals surface area contributed by atoms with Gasteiger partial charge in [0.05, 0.1) is 10.6 Å². The third-order valence-electron chi connectivity index (χ3n) is 4.48. The topological polar surface area (TPSA) is 54.5 Å². The highest BCUT2D eigenvalue weighted by Crippen LogP contribution is 2.26. The maximum absolute atomic E-state index is 13.3. The van der Waals surface area contributed by atoms with Crippen molar-refractivity contribution in [2.75, 3.05) is 4.31 Å². The highest BCUT2D eigenvalue weighted by atomic mass is 32.2. The Bertz CT molecular complexity index is 1010. The number of hydrogen-bond acceptors (Lipinski definition) is 3. The van der Waals surface area contributed by atoms with Crippen LogP contribution in [0.15, 0.2) is 89.8 Å². The summed E-state index contributed by atoms with van der Waals surface area (Å²) in [5.41, 5.74) is 1.77. The summed E-state index contributed by atoms with van der Waals surface area (Å²) in [5, 5.41) is 0. The van der Waals surface area contributed by atoms with E-state index in [1.54, 1.807) is 60.7 Å². The number of benzene rings is 3. The smallest absolute Gasteiger partial charge is 0.268 e. The van der Waals surface area contributed by atoms with Gasteiger partial charge in [0.25, 0.3) is 15.9 Å². The number of sulfonamides is 1. The summed E-state index contributed by atoms with van der Waals surface area (Å²) in [7, 11) is -4.05. The molecular formula is C23H23NO3S. The molecule has 0 saturated carbocycles. The van der Waals surface area contributed by atoms with Crippen molar-refractivity contribution >= 4 is 21.6 Å². The van der Waals surface area contributed by atoms with E-state index in [0.717, 1.165) is 29.1 Å². The summed E-state index contributed by atoms with van der Waals surface area (Å²) in [6, 6.07) is 23.6. The Kier molecular flexibility index (Phi) is 6.26. The molecule has 3 aromatic rings. The van der Waals surface area contributed by atoms with Gasteiger partial charge in [0.1, 0.15) is 0 Å². The van der Waals surface area contributed by atoms with Crippen molar-refractivity contribution in [3.63, 3.8) is 0 Å². The summed E-state index contributed by atoms with van der Waals surface area (Å²) in [4.78, 5) is 13.2. The summed E-state index contributed by atoms with van der Waals surface area (Å²) < 4.78 is 27.5. The van der Waals surface area contributed by atoms with Gasteiger partial charge in [0.2, 0.25) is 0 Å². The van der Waals surface area contributed by atoms with E-state index >= 15 is 0 Å². The predicted molar refractivity (Wildman–Crippen MR) is 112 cm³/mol. The molecule has 0 aliphatic heterocycles. The van der Waals surface area contributed by atoms with Crippen LogP contribution in [0.3, 0.4) is 0 Å². The van der Waals surface area contributed by atoms with Crippen LogP contribution < -0.4 is 4.31 Å². The molecule has 0 unspecified atom stereocenters. The quantitative estimate of drug-likeness (QED) is 0.563. The van der Waals surface area contributed by atoms with Crippen molar-refractivity contribution in [2.24, 2.45) is 0 Å². The van der Waals surface area contributed by atoms with Gasteiger partial charge in [0.15, 0.2) is 0 Å². The molecule has 3 rings (SSSR count).